The fourth-order valence-electron chi connectivity index (χ4n) is 1.65. The number of hydrogen-bond acceptors (Lipinski definition) is 2. The Hall–Kier alpha value is -1.84. The van der Waals surface area contributed by atoms with Crippen LogP contribution >= 0.6 is 0 Å². The molecule has 0 saturated heterocycles. The zero-order chi connectivity index (χ0) is 11.0. The molecule has 2 rings (SSSR count). The first-order valence-corrected chi connectivity index (χ1v) is 4.79. The van der Waals surface area contributed by atoms with E-state index in [9.17, 15) is 4.79 Å². The van der Waals surface area contributed by atoms with Crippen molar-refractivity contribution in [2.24, 2.45) is 7.05 Å². The fourth-order valence-corrected chi connectivity index (χ4v) is 1.65. The summed E-state index contributed by atoms with van der Waals surface area (Å²) in [6.45, 7) is 3.82. The molecule has 0 bridgehead atoms. The molecule has 0 radical (unpaired) electrons. The maximum Gasteiger partial charge on any atom is 0.276 e. The maximum absolute atomic E-state index is 11.9. The van der Waals surface area contributed by atoms with Crippen LogP contribution in [0, 0.1) is 13.8 Å². The Labute approximate surface area is 87.6 Å². The van der Waals surface area contributed by atoms with Crippen molar-refractivity contribution in [2.45, 2.75) is 13.8 Å². The molecule has 0 atom stereocenters. The molecule has 0 saturated carbocycles. The Balaban J connectivity index is 2.81. The van der Waals surface area contributed by atoms with Crippen LogP contribution in [0.1, 0.15) is 11.3 Å². The van der Waals surface area contributed by atoms with Gasteiger partial charge < -0.3 is 4.98 Å². The number of aromatic nitrogens is 3. The van der Waals surface area contributed by atoms with E-state index in [2.05, 4.69) is 10.1 Å². The molecule has 2 aromatic heterocycles. The Morgan fingerprint density at radius 1 is 1.40 bits per heavy atom. The largest absolute Gasteiger partial charge is 0.361 e. The number of aromatic amines is 1. The van der Waals surface area contributed by atoms with Crippen LogP contribution < -0.4 is 5.56 Å². The van der Waals surface area contributed by atoms with Crippen molar-refractivity contribution in [2.75, 3.05) is 0 Å². The third-order valence-electron chi connectivity index (χ3n) is 2.59. The minimum absolute atomic E-state index is 0.0689. The van der Waals surface area contributed by atoms with E-state index in [0.29, 0.717) is 5.56 Å². The van der Waals surface area contributed by atoms with Gasteiger partial charge in [-0.1, -0.05) is 0 Å². The summed E-state index contributed by atoms with van der Waals surface area (Å²) in [4.78, 5) is 15.0. The smallest absolute Gasteiger partial charge is 0.276 e. The van der Waals surface area contributed by atoms with E-state index >= 15 is 0 Å². The average Bonchev–Trinajstić information content (AvgIpc) is 2.69. The van der Waals surface area contributed by atoms with Crippen molar-refractivity contribution in [3.63, 3.8) is 0 Å². The summed E-state index contributed by atoms with van der Waals surface area (Å²) in [6.07, 6.45) is 1.81. The monoisotopic (exact) mass is 203 g/mol. The highest BCUT2D eigenvalue weighted by atomic mass is 16.1. The average molecular weight is 203 g/mol. The second-order valence-electron chi connectivity index (χ2n) is 3.60. The highest BCUT2D eigenvalue weighted by Gasteiger charge is 2.12. The zero-order valence-corrected chi connectivity index (χ0v) is 9.03. The Morgan fingerprint density at radius 3 is 2.73 bits per heavy atom. The lowest BCUT2D eigenvalue weighted by atomic mass is 10.1. The van der Waals surface area contributed by atoms with Gasteiger partial charge in [0.15, 0.2) is 0 Å². The van der Waals surface area contributed by atoms with Crippen LogP contribution in [-0.4, -0.2) is 14.8 Å². The number of H-pyrrole nitrogens is 1. The predicted octanol–water partition coefficient (Wildman–Crippen LogP) is 1.39. The molecular formula is C11H13N3O. The van der Waals surface area contributed by atoms with Gasteiger partial charge >= 0.3 is 0 Å². The van der Waals surface area contributed by atoms with Crippen molar-refractivity contribution in [3.05, 3.63) is 39.9 Å². The van der Waals surface area contributed by atoms with Gasteiger partial charge in [0.05, 0.1) is 17.0 Å². The van der Waals surface area contributed by atoms with Gasteiger partial charge in [-0.05, 0) is 31.5 Å². The third-order valence-corrected chi connectivity index (χ3v) is 2.59. The van der Waals surface area contributed by atoms with Crippen molar-refractivity contribution < 1.29 is 0 Å². The van der Waals surface area contributed by atoms with Crippen LogP contribution in [-0.2, 0) is 7.05 Å². The molecule has 1 N–H and O–H groups in total. The van der Waals surface area contributed by atoms with Gasteiger partial charge in [0.2, 0.25) is 0 Å². The predicted molar refractivity (Wildman–Crippen MR) is 58.7 cm³/mol. The summed E-state index contributed by atoms with van der Waals surface area (Å²) in [5.41, 5.74) is 3.29. The van der Waals surface area contributed by atoms with Crippen LogP contribution in [0.25, 0.3) is 11.3 Å². The molecule has 0 aromatic carbocycles. The summed E-state index contributed by atoms with van der Waals surface area (Å²) < 4.78 is 1.37. The molecule has 0 aliphatic heterocycles. The summed E-state index contributed by atoms with van der Waals surface area (Å²) >= 11 is 0. The summed E-state index contributed by atoms with van der Waals surface area (Å²) in [5.74, 6) is 0. The van der Waals surface area contributed by atoms with E-state index in [1.807, 2.05) is 32.2 Å². The van der Waals surface area contributed by atoms with Crippen molar-refractivity contribution in [1.29, 1.82) is 0 Å². The van der Waals surface area contributed by atoms with Crippen LogP contribution in [0.3, 0.4) is 0 Å². The Kier molecular flexibility index (Phi) is 2.19. The third kappa shape index (κ3) is 1.48. The second kappa shape index (κ2) is 3.38. The molecule has 4 heteroatoms. The molecular weight excluding hydrogens is 190 g/mol. The zero-order valence-electron chi connectivity index (χ0n) is 9.03. The maximum atomic E-state index is 11.9. The molecule has 15 heavy (non-hydrogen) atoms. The number of rotatable bonds is 1. The number of nitrogens with zero attached hydrogens (tertiary/aromatic N) is 2. The summed E-state index contributed by atoms with van der Waals surface area (Å²) in [7, 11) is 1.67. The van der Waals surface area contributed by atoms with E-state index in [4.69, 9.17) is 0 Å². The van der Waals surface area contributed by atoms with Crippen molar-refractivity contribution in [1.82, 2.24) is 14.8 Å². The normalized spacial score (nSPS) is 10.6. The minimum atomic E-state index is -0.0689. The van der Waals surface area contributed by atoms with Crippen LogP contribution in [0.4, 0.5) is 0 Å². The molecule has 0 aliphatic carbocycles. The van der Waals surface area contributed by atoms with Crippen molar-refractivity contribution in [3.8, 4) is 11.3 Å². The molecule has 0 fully saturated rings. The highest BCUT2D eigenvalue weighted by molar-refractivity contribution is 5.62. The molecule has 0 spiro atoms. The molecule has 0 unspecified atom stereocenters. The van der Waals surface area contributed by atoms with Gasteiger partial charge in [-0.15, -0.1) is 0 Å². The number of hydrogen-bond donors (Lipinski definition) is 1. The topological polar surface area (TPSA) is 50.7 Å². The molecule has 0 amide bonds. The first-order chi connectivity index (χ1) is 7.11. The fraction of sp³-hybridized carbons (Fsp3) is 0.273. The van der Waals surface area contributed by atoms with E-state index in [1.54, 1.807) is 7.05 Å². The Bertz CT molecular complexity index is 538. The number of nitrogens with one attached hydrogen (secondary N) is 1. The van der Waals surface area contributed by atoms with Gasteiger partial charge in [0.25, 0.3) is 5.56 Å². The van der Waals surface area contributed by atoms with Crippen LogP contribution in [0.5, 0.6) is 0 Å². The first kappa shape index (κ1) is 9.71. The standard InChI is InChI=1S/C11H13N3O/c1-7-8(2)13-14(3)11(15)10(7)9-5-4-6-12-9/h4-6,12H,1-3H3. The van der Waals surface area contributed by atoms with Gasteiger partial charge in [-0.25, -0.2) is 4.68 Å². The van der Waals surface area contributed by atoms with E-state index < -0.39 is 0 Å². The lowest BCUT2D eigenvalue weighted by Gasteiger charge is -2.07. The highest BCUT2D eigenvalue weighted by Crippen LogP contribution is 2.18. The van der Waals surface area contributed by atoms with Crippen molar-refractivity contribution >= 4 is 0 Å². The molecule has 0 aliphatic rings. The first-order valence-electron chi connectivity index (χ1n) is 4.79. The van der Waals surface area contributed by atoms with Gasteiger partial charge in [-0.2, -0.15) is 5.10 Å². The van der Waals surface area contributed by atoms with E-state index in [0.717, 1.165) is 17.0 Å². The van der Waals surface area contributed by atoms with Gasteiger partial charge in [0, 0.05) is 13.2 Å². The van der Waals surface area contributed by atoms with Crippen LogP contribution in [0.2, 0.25) is 0 Å². The minimum Gasteiger partial charge on any atom is -0.361 e. The SMILES string of the molecule is Cc1nn(C)c(=O)c(-c2ccc[nH]2)c1C. The van der Waals surface area contributed by atoms with Gasteiger partial charge in [-0.3, -0.25) is 4.79 Å². The summed E-state index contributed by atoms with van der Waals surface area (Å²) in [5, 5.41) is 4.13. The lowest BCUT2D eigenvalue weighted by molar-refractivity contribution is 0.690. The number of aryl methyl sites for hydroxylation is 2. The van der Waals surface area contributed by atoms with E-state index in [1.165, 1.54) is 4.68 Å². The molecule has 2 aromatic rings. The second-order valence-corrected chi connectivity index (χ2v) is 3.60. The quantitative estimate of drug-likeness (QED) is 0.761. The van der Waals surface area contributed by atoms with Gasteiger partial charge in [0.1, 0.15) is 0 Å². The molecule has 4 nitrogen and oxygen atoms in total. The summed E-state index contributed by atoms with van der Waals surface area (Å²) in [6, 6.07) is 3.77. The van der Waals surface area contributed by atoms with Crippen LogP contribution in [0.15, 0.2) is 23.1 Å². The Morgan fingerprint density at radius 2 is 2.13 bits per heavy atom. The molecule has 78 valence electrons. The van der Waals surface area contributed by atoms with E-state index in [-0.39, 0.29) is 5.56 Å². The molecule has 2 heterocycles. The lowest BCUT2D eigenvalue weighted by Crippen LogP contribution is -2.23.